The molecule has 80 valence electrons. The monoisotopic (exact) mass is 187 g/mol. The Morgan fingerprint density at radius 3 is 2.31 bits per heavy atom. The summed E-state index contributed by atoms with van der Waals surface area (Å²) in [6, 6.07) is 0.382. The van der Waals surface area contributed by atoms with Gasteiger partial charge >= 0.3 is 0 Å². The van der Waals surface area contributed by atoms with Crippen LogP contribution in [0.2, 0.25) is 0 Å². The SMILES string of the molecule is CC.CCC(C)(O)C1CCCN1C. The second-order valence-electron chi connectivity index (χ2n) is 3.85. The Kier molecular flexibility index (Phi) is 5.57. The third-order valence-corrected chi connectivity index (χ3v) is 2.95. The van der Waals surface area contributed by atoms with E-state index in [4.69, 9.17) is 0 Å². The van der Waals surface area contributed by atoms with Crippen LogP contribution < -0.4 is 0 Å². The molecule has 1 fully saturated rings. The van der Waals surface area contributed by atoms with Gasteiger partial charge in [-0.2, -0.15) is 0 Å². The second-order valence-corrected chi connectivity index (χ2v) is 3.85. The maximum atomic E-state index is 9.95. The van der Waals surface area contributed by atoms with Crippen molar-refractivity contribution in [2.45, 2.75) is 58.6 Å². The number of nitrogens with zero attached hydrogens (tertiary/aromatic N) is 1. The predicted molar refractivity (Wildman–Crippen MR) is 57.9 cm³/mol. The van der Waals surface area contributed by atoms with E-state index < -0.39 is 5.60 Å². The van der Waals surface area contributed by atoms with Crippen molar-refractivity contribution in [1.82, 2.24) is 4.90 Å². The van der Waals surface area contributed by atoms with Crippen LogP contribution in [-0.2, 0) is 0 Å². The molecule has 0 aromatic carbocycles. The van der Waals surface area contributed by atoms with Crippen LogP contribution in [0, 0.1) is 0 Å². The van der Waals surface area contributed by atoms with Crippen molar-refractivity contribution < 1.29 is 5.11 Å². The minimum atomic E-state index is -0.481. The minimum absolute atomic E-state index is 0.382. The van der Waals surface area contributed by atoms with Gasteiger partial charge < -0.3 is 10.0 Å². The molecule has 2 atom stereocenters. The van der Waals surface area contributed by atoms with Crippen LogP contribution in [-0.4, -0.2) is 35.2 Å². The highest BCUT2D eigenvalue weighted by Gasteiger charge is 2.35. The predicted octanol–water partition coefficient (Wildman–Crippen LogP) is 2.27. The topological polar surface area (TPSA) is 23.5 Å². The normalized spacial score (nSPS) is 27.7. The minimum Gasteiger partial charge on any atom is -0.389 e. The van der Waals surface area contributed by atoms with E-state index in [1.165, 1.54) is 6.42 Å². The van der Waals surface area contributed by atoms with Crippen molar-refractivity contribution in [2.24, 2.45) is 0 Å². The summed E-state index contributed by atoms with van der Waals surface area (Å²) >= 11 is 0. The molecule has 0 aromatic heterocycles. The summed E-state index contributed by atoms with van der Waals surface area (Å²) in [5.74, 6) is 0. The molecule has 2 unspecified atom stereocenters. The zero-order valence-electron chi connectivity index (χ0n) is 9.80. The lowest BCUT2D eigenvalue weighted by molar-refractivity contribution is -0.0135. The fourth-order valence-corrected chi connectivity index (χ4v) is 1.93. The van der Waals surface area contributed by atoms with Crippen molar-refractivity contribution in [3.63, 3.8) is 0 Å². The summed E-state index contributed by atoms with van der Waals surface area (Å²) < 4.78 is 0. The molecule has 1 aliphatic heterocycles. The molecule has 0 aliphatic carbocycles. The van der Waals surface area contributed by atoms with Crippen LogP contribution in [0.1, 0.15) is 47.0 Å². The summed E-state index contributed by atoms with van der Waals surface area (Å²) in [6.07, 6.45) is 3.23. The van der Waals surface area contributed by atoms with E-state index in [2.05, 4.69) is 11.9 Å². The first kappa shape index (κ1) is 12.9. The van der Waals surface area contributed by atoms with E-state index in [-0.39, 0.29) is 0 Å². The number of hydrogen-bond donors (Lipinski definition) is 1. The first-order chi connectivity index (χ1) is 6.08. The molecule has 13 heavy (non-hydrogen) atoms. The van der Waals surface area contributed by atoms with Gasteiger partial charge in [0.15, 0.2) is 0 Å². The highest BCUT2D eigenvalue weighted by atomic mass is 16.3. The molecule has 1 aliphatic rings. The number of hydrogen-bond acceptors (Lipinski definition) is 2. The third kappa shape index (κ3) is 3.28. The van der Waals surface area contributed by atoms with E-state index in [0.717, 1.165) is 19.4 Å². The second kappa shape index (κ2) is 5.61. The lowest BCUT2D eigenvalue weighted by Gasteiger charge is -2.33. The number of aliphatic hydroxyl groups is 1. The zero-order valence-corrected chi connectivity index (χ0v) is 9.80. The molecular formula is C11H25NO. The maximum absolute atomic E-state index is 9.95. The van der Waals surface area contributed by atoms with E-state index >= 15 is 0 Å². The quantitative estimate of drug-likeness (QED) is 0.717. The third-order valence-electron chi connectivity index (χ3n) is 2.95. The Balaban J connectivity index is 0.000000671. The van der Waals surface area contributed by atoms with Gasteiger partial charge in [0, 0.05) is 6.04 Å². The fourth-order valence-electron chi connectivity index (χ4n) is 1.93. The Labute approximate surface area is 82.9 Å². The van der Waals surface area contributed by atoms with Gasteiger partial charge in [0.05, 0.1) is 5.60 Å². The van der Waals surface area contributed by atoms with Crippen LogP contribution in [0.25, 0.3) is 0 Å². The van der Waals surface area contributed by atoms with E-state index in [1.807, 2.05) is 27.7 Å². The van der Waals surface area contributed by atoms with Gasteiger partial charge in [-0.1, -0.05) is 20.8 Å². The summed E-state index contributed by atoms with van der Waals surface area (Å²) in [4.78, 5) is 2.27. The lowest BCUT2D eigenvalue weighted by atomic mass is 9.92. The smallest absolute Gasteiger partial charge is 0.0771 e. The molecular weight excluding hydrogens is 162 g/mol. The number of likely N-dealkylation sites (N-methyl/N-ethyl adjacent to an activating group) is 1. The molecule has 1 N–H and O–H groups in total. The van der Waals surface area contributed by atoms with Crippen molar-refractivity contribution in [2.75, 3.05) is 13.6 Å². The average molecular weight is 187 g/mol. The van der Waals surface area contributed by atoms with Gasteiger partial charge in [-0.25, -0.2) is 0 Å². The molecule has 1 rings (SSSR count). The molecule has 1 heterocycles. The number of likely N-dealkylation sites (tertiary alicyclic amines) is 1. The van der Waals surface area contributed by atoms with E-state index in [9.17, 15) is 5.11 Å². The summed E-state index contributed by atoms with van der Waals surface area (Å²) in [7, 11) is 2.10. The molecule has 0 aromatic rings. The molecule has 0 saturated carbocycles. The first-order valence-corrected chi connectivity index (χ1v) is 5.50. The Morgan fingerprint density at radius 1 is 1.46 bits per heavy atom. The highest BCUT2D eigenvalue weighted by molar-refractivity contribution is 4.91. The lowest BCUT2D eigenvalue weighted by Crippen LogP contribution is -2.45. The van der Waals surface area contributed by atoms with E-state index in [0.29, 0.717) is 6.04 Å². The zero-order chi connectivity index (χ0) is 10.5. The molecule has 0 amide bonds. The molecule has 1 saturated heterocycles. The largest absolute Gasteiger partial charge is 0.389 e. The summed E-state index contributed by atoms with van der Waals surface area (Å²) in [6.45, 7) is 9.13. The van der Waals surface area contributed by atoms with Crippen LogP contribution in [0.3, 0.4) is 0 Å². The first-order valence-electron chi connectivity index (χ1n) is 5.50. The van der Waals surface area contributed by atoms with Crippen molar-refractivity contribution in [3.05, 3.63) is 0 Å². The van der Waals surface area contributed by atoms with Gasteiger partial charge in [-0.15, -0.1) is 0 Å². The highest BCUT2D eigenvalue weighted by Crippen LogP contribution is 2.27. The number of rotatable bonds is 2. The van der Waals surface area contributed by atoms with Crippen LogP contribution in [0.15, 0.2) is 0 Å². The summed E-state index contributed by atoms with van der Waals surface area (Å²) in [5, 5.41) is 9.95. The van der Waals surface area contributed by atoms with Crippen LogP contribution in [0.5, 0.6) is 0 Å². The fraction of sp³-hybridized carbons (Fsp3) is 1.00. The standard InChI is InChI=1S/C9H19NO.C2H6/c1-4-9(2,11)8-6-5-7-10(8)3;1-2/h8,11H,4-7H2,1-3H3;1-2H3. The van der Waals surface area contributed by atoms with Gasteiger partial charge in [-0.05, 0) is 39.8 Å². The Hall–Kier alpha value is -0.0800. The Morgan fingerprint density at radius 2 is 2.00 bits per heavy atom. The molecule has 0 spiro atoms. The summed E-state index contributed by atoms with van der Waals surface area (Å²) in [5.41, 5.74) is -0.481. The maximum Gasteiger partial charge on any atom is 0.0771 e. The van der Waals surface area contributed by atoms with Gasteiger partial charge in [0.1, 0.15) is 0 Å². The van der Waals surface area contributed by atoms with Gasteiger partial charge in [0.25, 0.3) is 0 Å². The Bertz CT molecular complexity index is 134. The van der Waals surface area contributed by atoms with E-state index in [1.54, 1.807) is 0 Å². The van der Waals surface area contributed by atoms with Gasteiger partial charge in [-0.3, -0.25) is 0 Å². The molecule has 0 bridgehead atoms. The van der Waals surface area contributed by atoms with Crippen molar-refractivity contribution >= 4 is 0 Å². The molecule has 0 radical (unpaired) electrons. The molecule has 2 nitrogen and oxygen atoms in total. The van der Waals surface area contributed by atoms with Crippen LogP contribution in [0.4, 0.5) is 0 Å². The molecule has 2 heteroatoms. The average Bonchev–Trinajstić information content (AvgIpc) is 2.55. The van der Waals surface area contributed by atoms with Crippen LogP contribution >= 0.6 is 0 Å². The van der Waals surface area contributed by atoms with Crippen molar-refractivity contribution in [3.8, 4) is 0 Å². The van der Waals surface area contributed by atoms with Crippen molar-refractivity contribution in [1.29, 1.82) is 0 Å². The van der Waals surface area contributed by atoms with Gasteiger partial charge in [0.2, 0.25) is 0 Å².